The first-order valence-corrected chi connectivity index (χ1v) is 2.77. The summed E-state index contributed by atoms with van der Waals surface area (Å²) in [7, 11) is 3.24. The number of thiophene rings is 1. The van der Waals surface area contributed by atoms with Crippen molar-refractivity contribution in [3.05, 3.63) is 24.6 Å². The molecule has 1 aromatic heterocycles. The molecule has 0 atom stereocenters. The number of rotatable bonds is 1. The summed E-state index contributed by atoms with van der Waals surface area (Å²) in [5.74, 6) is 0. The van der Waals surface area contributed by atoms with Crippen molar-refractivity contribution in [2.75, 3.05) is 0 Å². The Balaban J connectivity index is 2.76. The smallest absolute Gasteiger partial charge is 0.173 e. The third kappa shape index (κ3) is 0.933. The average molecular weight is 113 g/mol. The monoisotopic (exact) mass is 113 g/mol. The van der Waals surface area contributed by atoms with E-state index in [9.17, 15) is 0 Å². The molecule has 1 aromatic rings. The minimum atomic E-state index is 0.861. The Morgan fingerprint density at radius 3 is 2.86 bits per heavy atom. The Hall–Kier alpha value is -0.500. The Morgan fingerprint density at radius 1 is 1.71 bits per heavy atom. The van der Waals surface area contributed by atoms with Gasteiger partial charge in [0.1, 0.15) is 7.11 Å². The summed E-state index contributed by atoms with van der Waals surface area (Å²) in [4.78, 5) is 0. The third-order valence-electron chi connectivity index (χ3n) is 0.637. The zero-order chi connectivity index (χ0) is 5.11. The van der Waals surface area contributed by atoms with E-state index in [0.29, 0.717) is 0 Å². The highest BCUT2D eigenvalue weighted by Gasteiger charge is 1.83. The van der Waals surface area contributed by atoms with Crippen molar-refractivity contribution >= 4 is 11.3 Å². The molecule has 0 amide bonds. The number of hydrogen-bond donors (Lipinski definition) is 0. The van der Waals surface area contributed by atoms with Gasteiger partial charge in [-0.1, -0.05) is 0 Å². The van der Waals surface area contributed by atoms with E-state index in [-0.39, 0.29) is 0 Å². The van der Waals surface area contributed by atoms with Gasteiger partial charge in [-0.25, -0.2) is 0 Å². The second-order valence-corrected chi connectivity index (χ2v) is 1.99. The van der Waals surface area contributed by atoms with E-state index in [2.05, 4.69) is 11.8 Å². The fraction of sp³-hybridized carbons (Fsp3) is 0. The van der Waals surface area contributed by atoms with Crippen LogP contribution in [0.15, 0.2) is 17.5 Å². The molecule has 0 unspecified atom stereocenters. The lowest BCUT2D eigenvalue weighted by atomic mass is 10.7. The first-order chi connectivity index (χ1) is 3.43. The Bertz CT molecular complexity index is 123. The average Bonchev–Trinajstić information content (AvgIpc) is 2.14. The summed E-state index contributed by atoms with van der Waals surface area (Å²) in [6, 6.07) is 3.79. The summed E-state index contributed by atoms with van der Waals surface area (Å²) in [5, 5.41) is 2.81. The van der Waals surface area contributed by atoms with E-state index in [1.165, 1.54) is 11.3 Å². The fourth-order valence-electron chi connectivity index (χ4n) is 0.346. The predicted molar refractivity (Wildman–Crippen MR) is 30.3 cm³/mol. The highest BCUT2D eigenvalue weighted by molar-refractivity contribution is 7.11. The standard InChI is InChI=1S/C5H5OS/c1-6-5-3-2-4-7-5/h2-4H,1H2. The van der Waals surface area contributed by atoms with Crippen LogP contribution in [0.1, 0.15) is 0 Å². The van der Waals surface area contributed by atoms with Gasteiger partial charge in [0.25, 0.3) is 0 Å². The summed E-state index contributed by atoms with van der Waals surface area (Å²) in [5.41, 5.74) is 0. The van der Waals surface area contributed by atoms with Crippen molar-refractivity contribution in [2.24, 2.45) is 0 Å². The van der Waals surface area contributed by atoms with Crippen LogP contribution in [0.3, 0.4) is 0 Å². The van der Waals surface area contributed by atoms with Crippen molar-refractivity contribution in [2.45, 2.75) is 0 Å². The van der Waals surface area contributed by atoms with E-state index < -0.39 is 0 Å². The summed E-state index contributed by atoms with van der Waals surface area (Å²) in [6.07, 6.45) is 0. The first kappa shape index (κ1) is 4.65. The molecule has 1 nitrogen and oxygen atoms in total. The molecule has 37 valence electrons. The van der Waals surface area contributed by atoms with Gasteiger partial charge in [0.15, 0.2) is 5.06 Å². The lowest BCUT2D eigenvalue weighted by Gasteiger charge is -1.85. The number of hydrogen-bond acceptors (Lipinski definition) is 2. The SMILES string of the molecule is [CH2]Oc1cccs1. The first-order valence-electron chi connectivity index (χ1n) is 1.89. The molecule has 1 radical (unpaired) electrons. The summed E-state index contributed by atoms with van der Waals surface area (Å²) < 4.78 is 4.62. The van der Waals surface area contributed by atoms with Crippen LogP contribution in [-0.4, -0.2) is 0 Å². The van der Waals surface area contributed by atoms with Gasteiger partial charge in [-0.3, -0.25) is 0 Å². The van der Waals surface area contributed by atoms with E-state index in [1.54, 1.807) is 0 Å². The van der Waals surface area contributed by atoms with Crippen molar-refractivity contribution in [1.82, 2.24) is 0 Å². The second kappa shape index (κ2) is 1.98. The van der Waals surface area contributed by atoms with Crippen molar-refractivity contribution in [1.29, 1.82) is 0 Å². The molecule has 1 rings (SSSR count). The van der Waals surface area contributed by atoms with Crippen LogP contribution in [-0.2, 0) is 0 Å². The van der Waals surface area contributed by atoms with E-state index in [4.69, 9.17) is 0 Å². The Kier molecular flexibility index (Phi) is 1.32. The van der Waals surface area contributed by atoms with E-state index in [1.807, 2.05) is 17.5 Å². The molecule has 0 aliphatic carbocycles. The van der Waals surface area contributed by atoms with Gasteiger partial charge < -0.3 is 4.74 Å². The van der Waals surface area contributed by atoms with Crippen LogP contribution in [0.5, 0.6) is 5.06 Å². The maximum atomic E-state index is 4.62. The molecule has 0 N–H and O–H groups in total. The highest BCUT2D eigenvalue weighted by atomic mass is 32.1. The summed E-state index contributed by atoms with van der Waals surface area (Å²) >= 11 is 1.54. The quantitative estimate of drug-likeness (QED) is 0.540. The zero-order valence-electron chi connectivity index (χ0n) is 3.76. The van der Waals surface area contributed by atoms with Gasteiger partial charge in [0.05, 0.1) is 0 Å². The molecule has 0 fully saturated rings. The maximum absolute atomic E-state index is 4.62. The molecule has 0 saturated carbocycles. The Labute approximate surface area is 46.6 Å². The Morgan fingerprint density at radius 2 is 2.57 bits per heavy atom. The molecule has 0 bridgehead atoms. The van der Waals surface area contributed by atoms with Crippen LogP contribution < -0.4 is 4.74 Å². The van der Waals surface area contributed by atoms with Crippen molar-refractivity contribution < 1.29 is 4.74 Å². The van der Waals surface area contributed by atoms with Crippen LogP contribution in [0.25, 0.3) is 0 Å². The van der Waals surface area contributed by atoms with Gasteiger partial charge in [-0.05, 0) is 17.5 Å². The van der Waals surface area contributed by atoms with Gasteiger partial charge >= 0.3 is 0 Å². The molecule has 0 saturated heterocycles. The minimum absolute atomic E-state index is 0.861. The molecule has 0 spiro atoms. The normalized spacial score (nSPS) is 8.71. The van der Waals surface area contributed by atoms with Gasteiger partial charge in [-0.2, -0.15) is 0 Å². The topological polar surface area (TPSA) is 9.23 Å². The lowest BCUT2D eigenvalue weighted by molar-refractivity contribution is 0.487. The van der Waals surface area contributed by atoms with Crippen LogP contribution in [0.4, 0.5) is 0 Å². The van der Waals surface area contributed by atoms with Gasteiger partial charge in [0.2, 0.25) is 0 Å². The summed E-state index contributed by atoms with van der Waals surface area (Å²) in [6.45, 7) is 0. The minimum Gasteiger partial charge on any atom is -0.480 e. The fourth-order valence-corrected chi connectivity index (χ4v) is 0.862. The van der Waals surface area contributed by atoms with Crippen LogP contribution in [0, 0.1) is 7.11 Å². The predicted octanol–water partition coefficient (Wildman–Crippen LogP) is 1.92. The van der Waals surface area contributed by atoms with E-state index >= 15 is 0 Å². The third-order valence-corrected chi connectivity index (χ3v) is 1.42. The van der Waals surface area contributed by atoms with Gasteiger partial charge in [0, 0.05) is 0 Å². The second-order valence-electron chi connectivity index (χ2n) is 1.08. The number of ether oxygens (including phenoxy) is 1. The zero-order valence-corrected chi connectivity index (χ0v) is 4.57. The molecule has 0 aromatic carbocycles. The molecule has 0 aliphatic heterocycles. The van der Waals surface area contributed by atoms with Crippen LogP contribution in [0.2, 0.25) is 0 Å². The molecular formula is C5H5OS. The van der Waals surface area contributed by atoms with Gasteiger partial charge in [-0.15, -0.1) is 11.3 Å². The van der Waals surface area contributed by atoms with Crippen molar-refractivity contribution in [3.63, 3.8) is 0 Å². The van der Waals surface area contributed by atoms with Crippen molar-refractivity contribution in [3.8, 4) is 5.06 Å². The molecule has 1 heterocycles. The lowest BCUT2D eigenvalue weighted by Crippen LogP contribution is -1.67. The molecule has 2 heteroatoms. The van der Waals surface area contributed by atoms with E-state index in [0.717, 1.165) is 5.06 Å². The largest absolute Gasteiger partial charge is 0.480 e. The molecule has 7 heavy (non-hydrogen) atoms. The highest BCUT2D eigenvalue weighted by Crippen LogP contribution is 2.16. The molecular weight excluding hydrogens is 108 g/mol. The van der Waals surface area contributed by atoms with Crippen LogP contribution >= 0.6 is 11.3 Å². The maximum Gasteiger partial charge on any atom is 0.173 e. The molecule has 0 aliphatic rings.